The van der Waals surface area contributed by atoms with Gasteiger partial charge in [0.05, 0.1) is 5.54 Å². The van der Waals surface area contributed by atoms with Crippen LogP contribution >= 0.6 is 0 Å². The largest absolute Gasteiger partial charge is 0.422 e. The second-order valence-corrected chi connectivity index (χ2v) is 8.66. The number of nitrogens with zero attached hydrogens (tertiary/aromatic N) is 2. The Morgan fingerprint density at radius 1 is 1.00 bits per heavy atom. The molecule has 0 spiro atoms. The second kappa shape index (κ2) is 7.64. The van der Waals surface area contributed by atoms with E-state index in [1.165, 1.54) is 20.0 Å². The number of rotatable bonds is 4. The molecule has 2 heterocycles. The molecular weight excluding hydrogens is 462 g/mol. The number of piperidine rings is 1. The fourth-order valence-corrected chi connectivity index (χ4v) is 4.49. The van der Waals surface area contributed by atoms with Crippen molar-refractivity contribution >= 4 is 11.6 Å². The van der Waals surface area contributed by atoms with Crippen molar-refractivity contribution in [3.05, 3.63) is 58.7 Å². The lowest BCUT2D eigenvalue weighted by molar-refractivity contribution is -0.143. The molecule has 2 aromatic rings. The number of anilines is 1. The first-order valence-electron chi connectivity index (χ1n) is 9.86. The second-order valence-electron chi connectivity index (χ2n) is 8.66. The molecule has 1 N–H and O–H groups in total. The van der Waals surface area contributed by atoms with Gasteiger partial charge in [0, 0.05) is 24.8 Å². The summed E-state index contributed by atoms with van der Waals surface area (Å²) in [4.78, 5) is 18.0. The van der Waals surface area contributed by atoms with Crippen molar-refractivity contribution in [2.75, 3.05) is 18.4 Å². The third-order valence-corrected chi connectivity index (χ3v) is 6.47. The minimum Gasteiger partial charge on any atom is -0.319 e. The summed E-state index contributed by atoms with van der Waals surface area (Å²) >= 11 is 0. The molecule has 4 rings (SSSR count). The van der Waals surface area contributed by atoms with Gasteiger partial charge in [-0.25, -0.2) is 22.5 Å². The van der Waals surface area contributed by atoms with Gasteiger partial charge in [-0.3, -0.25) is 9.69 Å². The average Bonchev–Trinajstić information content (AvgIpc) is 3.20. The minimum atomic E-state index is -5.68. The number of likely N-dealkylation sites (tertiary alicyclic amines) is 1. The van der Waals surface area contributed by atoms with Crippen LogP contribution < -0.4 is 5.32 Å². The number of carbonyl (C=O) groups excluding carboxylic acids is 1. The Hall–Kier alpha value is -2.76. The highest BCUT2D eigenvalue weighted by Crippen LogP contribution is 2.59. The summed E-state index contributed by atoms with van der Waals surface area (Å²) in [5.41, 5.74) is -5.35. The molecule has 2 atom stereocenters. The van der Waals surface area contributed by atoms with Gasteiger partial charge >= 0.3 is 6.18 Å². The SMILES string of the molecule is CC(C)(C(=O)Nc1c(F)c(F)c(C(F)(F)F)c(F)c1F)N1CC2C(C1)C2c1cccnc1F. The van der Waals surface area contributed by atoms with E-state index in [4.69, 9.17) is 0 Å². The molecule has 0 bridgehead atoms. The number of amides is 1. The highest BCUT2D eigenvalue weighted by molar-refractivity contribution is 5.97. The molecule has 1 aliphatic carbocycles. The van der Waals surface area contributed by atoms with Gasteiger partial charge in [0.1, 0.15) is 11.3 Å². The van der Waals surface area contributed by atoms with Crippen LogP contribution in [-0.4, -0.2) is 34.4 Å². The van der Waals surface area contributed by atoms with Gasteiger partial charge in [0.15, 0.2) is 23.3 Å². The predicted molar refractivity (Wildman–Crippen MR) is 99.5 cm³/mol. The Balaban J connectivity index is 1.52. The summed E-state index contributed by atoms with van der Waals surface area (Å²) in [6.45, 7) is 3.42. The zero-order chi connectivity index (χ0) is 24.5. The van der Waals surface area contributed by atoms with Crippen molar-refractivity contribution < 1.29 is 39.9 Å². The van der Waals surface area contributed by atoms with Gasteiger partial charge in [-0.2, -0.15) is 17.6 Å². The predicted octanol–water partition coefficient (Wildman–Crippen LogP) is 4.86. The number of pyridine rings is 1. The Labute approximate surface area is 182 Å². The van der Waals surface area contributed by atoms with Gasteiger partial charge < -0.3 is 5.32 Å². The monoisotopic (exact) mass is 479 g/mol. The quantitative estimate of drug-likeness (QED) is 0.387. The maximum absolute atomic E-state index is 14.2. The normalized spacial score (nSPS) is 22.9. The lowest BCUT2D eigenvalue weighted by atomic mass is 9.99. The third-order valence-electron chi connectivity index (χ3n) is 6.47. The zero-order valence-electron chi connectivity index (χ0n) is 17.2. The number of hydrogen-bond acceptors (Lipinski definition) is 3. The van der Waals surface area contributed by atoms with Gasteiger partial charge in [0.25, 0.3) is 0 Å². The van der Waals surface area contributed by atoms with E-state index in [1.54, 1.807) is 22.3 Å². The molecule has 1 amide bonds. The van der Waals surface area contributed by atoms with E-state index >= 15 is 0 Å². The number of aromatic nitrogens is 1. The maximum Gasteiger partial charge on any atom is 0.422 e. The van der Waals surface area contributed by atoms with Crippen LogP contribution in [0.2, 0.25) is 0 Å². The molecule has 4 nitrogen and oxygen atoms in total. The van der Waals surface area contributed by atoms with Crippen LogP contribution in [0.3, 0.4) is 0 Å². The maximum atomic E-state index is 14.2. The number of hydrogen-bond donors (Lipinski definition) is 1. The van der Waals surface area contributed by atoms with Gasteiger partial charge in [0.2, 0.25) is 11.9 Å². The molecule has 178 valence electrons. The minimum absolute atomic E-state index is 0.00482. The molecule has 0 radical (unpaired) electrons. The van der Waals surface area contributed by atoms with Crippen molar-refractivity contribution in [2.45, 2.75) is 31.5 Å². The van der Waals surface area contributed by atoms with Crippen molar-refractivity contribution in [1.82, 2.24) is 9.88 Å². The molecule has 2 fully saturated rings. The summed E-state index contributed by atoms with van der Waals surface area (Å²) in [6.07, 6.45) is -4.36. The van der Waals surface area contributed by atoms with E-state index in [-0.39, 0.29) is 17.8 Å². The van der Waals surface area contributed by atoms with Crippen LogP contribution in [0, 0.1) is 41.1 Å². The molecule has 2 unspecified atom stereocenters. The first kappa shape index (κ1) is 23.4. The van der Waals surface area contributed by atoms with Crippen LogP contribution in [0.1, 0.15) is 30.9 Å². The van der Waals surface area contributed by atoms with Gasteiger partial charge in [-0.05, 0) is 37.7 Å². The fraction of sp³-hybridized carbons (Fsp3) is 0.429. The average molecular weight is 479 g/mol. The number of alkyl halides is 3. The molecule has 2 aliphatic rings. The molecule has 1 saturated heterocycles. The molecular formula is C21H17F8N3O. The standard InChI is InChI=1S/C21H17F8N3O/c1-20(2,32-6-9-10(7-32)11(9)8-4-3-5-30-18(8)26)19(33)31-17-15(24)13(22)12(21(27,28)29)14(23)16(17)25/h3-5,9-11H,6-7H2,1-2H3,(H,31,33). The lowest BCUT2D eigenvalue weighted by Crippen LogP contribution is -2.52. The van der Waals surface area contributed by atoms with E-state index in [9.17, 15) is 39.9 Å². The Morgan fingerprint density at radius 3 is 2.03 bits per heavy atom. The molecule has 12 heteroatoms. The van der Waals surface area contributed by atoms with Crippen molar-refractivity contribution in [3.8, 4) is 0 Å². The number of nitrogens with one attached hydrogen (secondary N) is 1. The summed E-state index contributed by atoms with van der Waals surface area (Å²) in [6, 6.07) is 3.22. The van der Waals surface area contributed by atoms with Crippen molar-refractivity contribution in [3.63, 3.8) is 0 Å². The zero-order valence-corrected chi connectivity index (χ0v) is 17.2. The van der Waals surface area contributed by atoms with Crippen LogP contribution in [0.15, 0.2) is 18.3 Å². The first-order chi connectivity index (χ1) is 15.3. The summed E-state index contributed by atoms with van der Waals surface area (Å²) in [7, 11) is 0. The fourth-order valence-electron chi connectivity index (χ4n) is 4.49. The molecule has 33 heavy (non-hydrogen) atoms. The van der Waals surface area contributed by atoms with Crippen molar-refractivity contribution in [2.24, 2.45) is 11.8 Å². The third kappa shape index (κ3) is 3.73. The van der Waals surface area contributed by atoms with Crippen LogP contribution in [0.4, 0.5) is 40.8 Å². The topological polar surface area (TPSA) is 45.2 Å². The van der Waals surface area contributed by atoms with Crippen LogP contribution in [-0.2, 0) is 11.0 Å². The first-order valence-corrected chi connectivity index (χ1v) is 9.86. The van der Waals surface area contributed by atoms with E-state index in [0.29, 0.717) is 18.7 Å². The van der Waals surface area contributed by atoms with Gasteiger partial charge in [-0.15, -0.1) is 0 Å². The number of benzene rings is 1. The van der Waals surface area contributed by atoms with Crippen LogP contribution in [0.25, 0.3) is 0 Å². The highest BCUT2D eigenvalue weighted by atomic mass is 19.4. The number of halogens is 8. The number of carbonyl (C=O) groups is 1. The number of fused-ring (bicyclic) bond motifs is 1. The molecule has 1 aromatic carbocycles. The summed E-state index contributed by atoms with van der Waals surface area (Å²) < 4.78 is 108. The summed E-state index contributed by atoms with van der Waals surface area (Å²) in [5.74, 6) is -11.8. The van der Waals surface area contributed by atoms with E-state index < -0.39 is 58.1 Å². The van der Waals surface area contributed by atoms with E-state index in [0.717, 1.165) is 0 Å². The summed E-state index contributed by atoms with van der Waals surface area (Å²) in [5, 5.41) is 1.69. The van der Waals surface area contributed by atoms with E-state index in [1.807, 2.05) is 0 Å². The highest BCUT2D eigenvalue weighted by Gasteiger charge is 2.60. The Bertz CT molecular complexity index is 1090. The van der Waals surface area contributed by atoms with E-state index in [2.05, 4.69) is 4.98 Å². The molecule has 1 saturated carbocycles. The Kier molecular flexibility index (Phi) is 5.42. The molecule has 1 aromatic heterocycles. The van der Waals surface area contributed by atoms with Gasteiger partial charge in [-0.1, -0.05) is 6.07 Å². The lowest BCUT2D eigenvalue weighted by Gasteiger charge is -2.35. The van der Waals surface area contributed by atoms with Crippen molar-refractivity contribution in [1.29, 1.82) is 0 Å². The smallest absolute Gasteiger partial charge is 0.319 e. The Morgan fingerprint density at radius 2 is 1.55 bits per heavy atom. The van der Waals surface area contributed by atoms with Crippen LogP contribution in [0.5, 0.6) is 0 Å². The molecule has 1 aliphatic heterocycles.